The van der Waals surface area contributed by atoms with Crippen LogP contribution in [0.4, 0.5) is 0 Å². The standard InChI is InChI=1S/C40H59N11O12/c1-21(2)17-28(35(58)48-26(9-5-15-44-40(42)43)34(57)49-27(39(62)63)12-14-33(55)56)50-36(59)29(18-22-19-45-25-8-4-3-7-23(22)25)47-31(52)20-46-37(60)30-10-6-16-51(30)38(61)24(41)11-13-32(53)54/h3-4,7-8,19,21,24,26-30,45H,5-6,9-18,20,41H2,1-2H3,(H,46,60)(H,47,52)(H,48,58)(H,49,57)(H,50,59)(H,53,54)(H,55,56)(H,62,63)(H4,42,43,44)/t24-,26-,27-,28-,29-,30-/m0/s1. The lowest BCUT2D eigenvalue weighted by atomic mass is 10.00. The Labute approximate surface area is 362 Å². The Kier molecular flexibility index (Phi) is 19.8. The van der Waals surface area contributed by atoms with Gasteiger partial charge in [-0.2, -0.15) is 0 Å². The van der Waals surface area contributed by atoms with Crippen molar-refractivity contribution in [1.82, 2.24) is 36.5 Å². The van der Waals surface area contributed by atoms with Gasteiger partial charge >= 0.3 is 17.9 Å². The van der Waals surface area contributed by atoms with Crippen LogP contribution in [0.1, 0.15) is 77.2 Å². The van der Waals surface area contributed by atoms with Gasteiger partial charge in [0.2, 0.25) is 35.4 Å². The number of carboxylic acids is 3. The van der Waals surface area contributed by atoms with E-state index in [1.807, 2.05) is 18.2 Å². The number of aliphatic carboxylic acids is 3. The monoisotopic (exact) mass is 885 g/mol. The van der Waals surface area contributed by atoms with Crippen molar-refractivity contribution in [2.75, 3.05) is 19.6 Å². The molecule has 0 saturated carbocycles. The highest BCUT2D eigenvalue weighted by atomic mass is 16.4. The maximum atomic E-state index is 14.2. The predicted molar refractivity (Wildman–Crippen MR) is 226 cm³/mol. The summed E-state index contributed by atoms with van der Waals surface area (Å²) in [5.74, 6) is -8.89. The minimum atomic E-state index is -1.59. The number of likely N-dealkylation sites (tertiary alicyclic amines) is 1. The molecular weight excluding hydrogens is 827 g/mol. The van der Waals surface area contributed by atoms with Crippen LogP contribution in [0.3, 0.4) is 0 Å². The average Bonchev–Trinajstić information content (AvgIpc) is 3.88. The van der Waals surface area contributed by atoms with Gasteiger partial charge < -0.3 is 69.0 Å². The molecule has 63 heavy (non-hydrogen) atoms. The van der Waals surface area contributed by atoms with Crippen LogP contribution in [-0.4, -0.2) is 140 Å². The zero-order valence-corrected chi connectivity index (χ0v) is 35.3. The molecule has 1 aliphatic rings. The van der Waals surface area contributed by atoms with E-state index in [1.165, 1.54) is 4.90 Å². The first-order chi connectivity index (χ1) is 29.8. The van der Waals surface area contributed by atoms with Crippen molar-refractivity contribution >= 4 is 70.2 Å². The maximum absolute atomic E-state index is 14.2. The van der Waals surface area contributed by atoms with Crippen LogP contribution >= 0.6 is 0 Å². The summed E-state index contributed by atoms with van der Waals surface area (Å²) in [6.07, 6.45) is 0.997. The van der Waals surface area contributed by atoms with Crippen molar-refractivity contribution in [1.29, 1.82) is 0 Å². The van der Waals surface area contributed by atoms with Crippen molar-refractivity contribution in [2.45, 2.75) is 114 Å². The molecule has 1 aromatic carbocycles. The van der Waals surface area contributed by atoms with Gasteiger partial charge in [-0.1, -0.05) is 32.0 Å². The fourth-order valence-electron chi connectivity index (χ4n) is 7.00. The Morgan fingerprint density at radius 3 is 2.10 bits per heavy atom. The minimum Gasteiger partial charge on any atom is -0.481 e. The highest BCUT2D eigenvalue weighted by molar-refractivity contribution is 5.97. The molecule has 23 nitrogen and oxygen atoms in total. The van der Waals surface area contributed by atoms with Crippen molar-refractivity contribution in [3.8, 4) is 0 Å². The number of aromatic nitrogens is 1. The Bertz CT molecular complexity index is 2000. The van der Waals surface area contributed by atoms with E-state index in [4.69, 9.17) is 27.4 Å². The SMILES string of the molecule is CC(C)C[C@H](NC(=O)[C@H](Cc1c[nH]c2ccccc12)NC(=O)CNC(=O)[C@@H]1CCCN1C(=O)[C@@H](N)CCC(=O)O)C(=O)N[C@@H](CCCN=C(N)N)C(=O)N[C@@H](CCC(=O)O)C(=O)O. The first-order valence-electron chi connectivity index (χ1n) is 20.6. The second-order valence-corrected chi connectivity index (χ2v) is 15.7. The molecule has 0 spiro atoms. The van der Waals surface area contributed by atoms with Gasteiger partial charge in [-0.05, 0) is 62.5 Å². The van der Waals surface area contributed by atoms with Gasteiger partial charge in [-0.3, -0.25) is 43.3 Å². The smallest absolute Gasteiger partial charge is 0.326 e. The number of nitrogens with one attached hydrogen (secondary N) is 6. The van der Waals surface area contributed by atoms with Crippen LogP contribution in [0.2, 0.25) is 0 Å². The second-order valence-electron chi connectivity index (χ2n) is 15.7. The number of hydrogen-bond acceptors (Lipinski definition) is 11. The molecule has 346 valence electrons. The average molecular weight is 886 g/mol. The number of para-hydroxylation sites is 1. The summed E-state index contributed by atoms with van der Waals surface area (Å²) in [5, 5.41) is 41.1. The van der Waals surface area contributed by atoms with Gasteiger partial charge in [-0.25, -0.2) is 4.79 Å². The number of carbonyl (C=O) groups is 9. The summed E-state index contributed by atoms with van der Waals surface area (Å²) < 4.78 is 0. The molecule has 0 radical (unpaired) electrons. The number of amides is 6. The zero-order valence-electron chi connectivity index (χ0n) is 35.3. The number of carboxylic acid groups (broad SMARTS) is 3. The highest BCUT2D eigenvalue weighted by Gasteiger charge is 2.37. The van der Waals surface area contributed by atoms with Crippen LogP contribution in [-0.2, 0) is 49.6 Å². The van der Waals surface area contributed by atoms with Crippen LogP contribution in [0.5, 0.6) is 0 Å². The molecule has 1 aromatic heterocycles. The van der Waals surface area contributed by atoms with Crippen LogP contribution in [0, 0.1) is 5.92 Å². The minimum absolute atomic E-state index is 0.0466. The topological polar surface area (TPSA) is 384 Å². The molecule has 6 amide bonds. The maximum Gasteiger partial charge on any atom is 0.326 e. The molecular formula is C40H59N11O12. The zero-order chi connectivity index (χ0) is 46.8. The lowest BCUT2D eigenvalue weighted by molar-refractivity contribution is -0.143. The summed E-state index contributed by atoms with van der Waals surface area (Å²) in [6, 6.07) is -0.454. The molecule has 2 heterocycles. The first-order valence-corrected chi connectivity index (χ1v) is 20.6. The number of fused-ring (bicyclic) bond motifs is 1. The third kappa shape index (κ3) is 16.5. The summed E-state index contributed by atoms with van der Waals surface area (Å²) in [4.78, 5) is 123. The van der Waals surface area contributed by atoms with E-state index in [9.17, 15) is 48.3 Å². The lowest BCUT2D eigenvalue weighted by Crippen LogP contribution is -2.58. The largest absolute Gasteiger partial charge is 0.481 e. The molecule has 3 rings (SSSR count). The Hall–Kier alpha value is -6.78. The third-order valence-corrected chi connectivity index (χ3v) is 10.2. The van der Waals surface area contributed by atoms with E-state index in [0.29, 0.717) is 12.0 Å². The normalized spacial score (nSPS) is 15.9. The number of carbonyl (C=O) groups excluding carboxylic acids is 6. The number of aliphatic imine (C=N–C) groups is 1. The van der Waals surface area contributed by atoms with E-state index < -0.39 is 109 Å². The second kappa shape index (κ2) is 24.6. The molecule has 1 aliphatic heterocycles. The van der Waals surface area contributed by atoms with E-state index in [2.05, 4.69) is 36.6 Å². The summed E-state index contributed by atoms with van der Waals surface area (Å²) in [6.45, 7) is 3.22. The predicted octanol–water partition coefficient (Wildman–Crippen LogP) is -2.00. The van der Waals surface area contributed by atoms with E-state index in [0.717, 1.165) is 10.9 Å². The molecule has 0 aliphatic carbocycles. The molecule has 15 N–H and O–H groups in total. The van der Waals surface area contributed by atoms with Gasteiger partial charge in [-0.15, -0.1) is 0 Å². The van der Waals surface area contributed by atoms with Crippen molar-refractivity contribution in [3.05, 3.63) is 36.0 Å². The quantitative estimate of drug-likeness (QED) is 0.0276. The number of nitrogens with two attached hydrogens (primary N) is 3. The van der Waals surface area contributed by atoms with Gasteiger partial charge in [0.15, 0.2) is 5.96 Å². The van der Waals surface area contributed by atoms with Crippen molar-refractivity contribution in [2.24, 2.45) is 28.1 Å². The lowest BCUT2D eigenvalue weighted by Gasteiger charge is -2.27. The number of nitrogens with zero attached hydrogens (tertiary/aromatic N) is 2. The first kappa shape index (κ1) is 50.6. The summed E-state index contributed by atoms with van der Waals surface area (Å²) in [5.41, 5.74) is 18.1. The molecule has 1 fully saturated rings. The molecule has 6 atom stereocenters. The molecule has 2 aromatic rings. The van der Waals surface area contributed by atoms with Crippen molar-refractivity contribution < 1.29 is 58.5 Å². The third-order valence-electron chi connectivity index (χ3n) is 10.2. The Balaban J connectivity index is 1.82. The number of benzene rings is 1. The number of guanidine groups is 1. The number of rotatable bonds is 26. The number of H-pyrrole nitrogens is 1. The van der Waals surface area contributed by atoms with Crippen LogP contribution in [0.25, 0.3) is 10.9 Å². The van der Waals surface area contributed by atoms with Crippen LogP contribution in [0.15, 0.2) is 35.5 Å². The fourth-order valence-corrected chi connectivity index (χ4v) is 7.00. The van der Waals surface area contributed by atoms with Crippen LogP contribution < -0.4 is 43.8 Å². The Morgan fingerprint density at radius 1 is 0.825 bits per heavy atom. The van der Waals surface area contributed by atoms with Gasteiger partial charge in [0.25, 0.3) is 0 Å². The van der Waals surface area contributed by atoms with E-state index >= 15 is 0 Å². The summed E-state index contributed by atoms with van der Waals surface area (Å²) in [7, 11) is 0. The number of aromatic amines is 1. The fraction of sp³-hybridized carbons (Fsp3) is 0.550. The Morgan fingerprint density at radius 2 is 1.44 bits per heavy atom. The molecule has 0 unspecified atom stereocenters. The van der Waals surface area contributed by atoms with Gasteiger partial charge in [0, 0.05) is 49.5 Å². The van der Waals surface area contributed by atoms with Gasteiger partial charge in [0.05, 0.1) is 12.6 Å². The number of hydrogen-bond donors (Lipinski definition) is 12. The molecule has 1 saturated heterocycles. The van der Waals surface area contributed by atoms with Gasteiger partial charge in [0.1, 0.15) is 30.2 Å². The van der Waals surface area contributed by atoms with E-state index in [1.54, 1.807) is 26.1 Å². The molecule has 0 bridgehead atoms. The summed E-state index contributed by atoms with van der Waals surface area (Å²) >= 11 is 0. The molecule has 23 heteroatoms. The highest BCUT2D eigenvalue weighted by Crippen LogP contribution is 2.21. The van der Waals surface area contributed by atoms with E-state index in [-0.39, 0.29) is 69.9 Å². The van der Waals surface area contributed by atoms with Crippen molar-refractivity contribution in [3.63, 3.8) is 0 Å².